The third-order valence-corrected chi connectivity index (χ3v) is 4.34. The molecule has 1 saturated heterocycles. The lowest BCUT2D eigenvalue weighted by molar-refractivity contribution is 0.176. The maximum atomic E-state index is 3.61. The highest BCUT2D eigenvalue weighted by atomic mass is 15.2. The summed E-state index contributed by atoms with van der Waals surface area (Å²) in [6, 6.07) is 0.704. The van der Waals surface area contributed by atoms with Crippen molar-refractivity contribution in [3.8, 4) is 0 Å². The molecule has 114 valence electrons. The minimum atomic E-state index is 0.704. The molecule has 1 N–H and O–H groups in total. The van der Waals surface area contributed by atoms with Gasteiger partial charge in [-0.25, -0.2) is 0 Å². The van der Waals surface area contributed by atoms with E-state index >= 15 is 0 Å². The molecule has 0 amide bonds. The van der Waals surface area contributed by atoms with Gasteiger partial charge < -0.3 is 10.2 Å². The zero-order valence-electron chi connectivity index (χ0n) is 13.8. The molecule has 0 aromatic rings. The van der Waals surface area contributed by atoms with Gasteiger partial charge in [-0.15, -0.1) is 0 Å². The van der Waals surface area contributed by atoms with Gasteiger partial charge in [-0.2, -0.15) is 0 Å². The molecular formula is C16H35N3. The van der Waals surface area contributed by atoms with Crippen LogP contribution in [0, 0.1) is 11.8 Å². The molecule has 3 nitrogen and oxygen atoms in total. The predicted molar refractivity (Wildman–Crippen MR) is 84.6 cm³/mol. The fraction of sp³-hybridized carbons (Fsp3) is 1.00. The minimum Gasteiger partial charge on any atom is -0.316 e. The average Bonchev–Trinajstić information content (AvgIpc) is 2.84. The maximum Gasteiger partial charge on any atom is 0.0195 e. The summed E-state index contributed by atoms with van der Waals surface area (Å²) in [5, 5.41) is 3.61. The van der Waals surface area contributed by atoms with Crippen molar-refractivity contribution in [2.45, 2.75) is 47.1 Å². The van der Waals surface area contributed by atoms with Crippen LogP contribution in [0.3, 0.4) is 0 Å². The van der Waals surface area contributed by atoms with E-state index in [1.807, 2.05) is 0 Å². The molecule has 0 saturated carbocycles. The fourth-order valence-electron chi connectivity index (χ4n) is 2.98. The van der Waals surface area contributed by atoms with Crippen LogP contribution in [0.2, 0.25) is 0 Å². The Morgan fingerprint density at radius 1 is 1.21 bits per heavy atom. The second-order valence-corrected chi connectivity index (χ2v) is 6.54. The first kappa shape index (κ1) is 16.9. The van der Waals surface area contributed by atoms with Crippen molar-refractivity contribution in [2.75, 3.05) is 45.8 Å². The van der Waals surface area contributed by atoms with Gasteiger partial charge in [0, 0.05) is 19.1 Å². The van der Waals surface area contributed by atoms with E-state index in [0.29, 0.717) is 6.04 Å². The topological polar surface area (TPSA) is 18.5 Å². The molecule has 1 aliphatic rings. The third kappa shape index (κ3) is 6.24. The van der Waals surface area contributed by atoms with Crippen LogP contribution < -0.4 is 5.32 Å². The number of likely N-dealkylation sites (N-methyl/N-ethyl adjacent to an activating group) is 1. The summed E-state index contributed by atoms with van der Waals surface area (Å²) in [6.45, 7) is 20.0. The molecule has 0 radical (unpaired) electrons. The van der Waals surface area contributed by atoms with E-state index in [2.05, 4.69) is 49.7 Å². The molecule has 1 rings (SSSR count). The smallest absolute Gasteiger partial charge is 0.0195 e. The fourth-order valence-corrected chi connectivity index (χ4v) is 2.98. The van der Waals surface area contributed by atoms with Gasteiger partial charge in [0.2, 0.25) is 0 Å². The Labute approximate surface area is 120 Å². The summed E-state index contributed by atoms with van der Waals surface area (Å²) in [7, 11) is 0. The van der Waals surface area contributed by atoms with Crippen molar-refractivity contribution >= 4 is 0 Å². The lowest BCUT2D eigenvalue weighted by Gasteiger charge is -2.29. The van der Waals surface area contributed by atoms with Crippen LogP contribution in [-0.2, 0) is 0 Å². The number of likely N-dealkylation sites (tertiary alicyclic amines) is 1. The SMILES string of the molecule is CCN(CC)CC(C)N1CCC(CNCC(C)C)C1. The van der Waals surface area contributed by atoms with Gasteiger partial charge in [-0.3, -0.25) is 4.90 Å². The molecular weight excluding hydrogens is 234 g/mol. The highest BCUT2D eigenvalue weighted by Crippen LogP contribution is 2.18. The molecule has 0 aromatic heterocycles. The lowest BCUT2D eigenvalue weighted by Crippen LogP contribution is -2.41. The van der Waals surface area contributed by atoms with E-state index in [1.165, 1.54) is 45.7 Å². The van der Waals surface area contributed by atoms with Crippen molar-refractivity contribution in [1.82, 2.24) is 15.1 Å². The minimum absolute atomic E-state index is 0.704. The molecule has 0 aromatic carbocycles. The van der Waals surface area contributed by atoms with Crippen molar-refractivity contribution in [3.63, 3.8) is 0 Å². The normalized spacial score (nSPS) is 22.6. The quantitative estimate of drug-likeness (QED) is 0.693. The van der Waals surface area contributed by atoms with Gasteiger partial charge in [0.15, 0.2) is 0 Å². The Morgan fingerprint density at radius 2 is 1.89 bits per heavy atom. The Kier molecular flexibility index (Phi) is 7.96. The van der Waals surface area contributed by atoms with Crippen LogP contribution in [0.1, 0.15) is 41.0 Å². The van der Waals surface area contributed by atoms with Crippen molar-refractivity contribution < 1.29 is 0 Å². The molecule has 2 atom stereocenters. The van der Waals surface area contributed by atoms with Gasteiger partial charge >= 0.3 is 0 Å². The van der Waals surface area contributed by atoms with Crippen LogP contribution in [0.5, 0.6) is 0 Å². The maximum absolute atomic E-state index is 3.61. The molecule has 1 aliphatic heterocycles. The monoisotopic (exact) mass is 269 g/mol. The highest BCUT2D eigenvalue weighted by Gasteiger charge is 2.26. The van der Waals surface area contributed by atoms with E-state index in [9.17, 15) is 0 Å². The second kappa shape index (κ2) is 8.93. The summed E-state index contributed by atoms with van der Waals surface area (Å²) in [6.07, 6.45) is 1.37. The molecule has 1 fully saturated rings. The highest BCUT2D eigenvalue weighted by molar-refractivity contribution is 4.82. The Hall–Kier alpha value is -0.120. The van der Waals surface area contributed by atoms with Crippen LogP contribution >= 0.6 is 0 Å². The van der Waals surface area contributed by atoms with Gasteiger partial charge in [-0.1, -0.05) is 27.7 Å². The summed E-state index contributed by atoms with van der Waals surface area (Å²) < 4.78 is 0. The van der Waals surface area contributed by atoms with E-state index in [0.717, 1.165) is 18.4 Å². The van der Waals surface area contributed by atoms with E-state index < -0.39 is 0 Å². The standard InChI is InChI=1S/C16H35N3/c1-6-18(7-2)12-15(5)19-9-8-16(13-19)11-17-10-14(3)4/h14-17H,6-13H2,1-5H3. The van der Waals surface area contributed by atoms with E-state index in [4.69, 9.17) is 0 Å². The zero-order chi connectivity index (χ0) is 14.3. The summed E-state index contributed by atoms with van der Waals surface area (Å²) in [4.78, 5) is 5.22. The number of hydrogen-bond donors (Lipinski definition) is 1. The number of rotatable bonds is 9. The van der Waals surface area contributed by atoms with Gasteiger partial charge in [0.05, 0.1) is 0 Å². The van der Waals surface area contributed by atoms with E-state index in [-0.39, 0.29) is 0 Å². The zero-order valence-corrected chi connectivity index (χ0v) is 13.8. The molecule has 19 heavy (non-hydrogen) atoms. The van der Waals surface area contributed by atoms with Crippen molar-refractivity contribution in [3.05, 3.63) is 0 Å². The Bertz CT molecular complexity index is 226. The first-order chi connectivity index (χ1) is 9.06. The molecule has 0 aliphatic carbocycles. The van der Waals surface area contributed by atoms with Crippen LogP contribution in [-0.4, -0.2) is 61.7 Å². The lowest BCUT2D eigenvalue weighted by atomic mass is 10.1. The molecule has 0 bridgehead atoms. The molecule has 3 heteroatoms. The van der Waals surface area contributed by atoms with Crippen LogP contribution in [0.25, 0.3) is 0 Å². The van der Waals surface area contributed by atoms with Gasteiger partial charge in [-0.05, 0) is 57.9 Å². The summed E-state index contributed by atoms with van der Waals surface area (Å²) >= 11 is 0. The van der Waals surface area contributed by atoms with Crippen LogP contribution in [0.4, 0.5) is 0 Å². The first-order valence-electron chi connectivity index (χ1n) is 8.23. The van der Waals surface area contributed by atoms with Gasteiger partial charge in [0.25, 0.3) is 0 Å². The molecule has 2 unspecified atom stereocenters. The molecule has 0 spiro atoms. The number of hydrogen-bond acceptors (Lipinski definition) is 3. The van der Waals surface area contributed by atoms with Crippen molar-refractivity contribution in [2.24, 2.45) is 11.8 Å². The average molecular weight is 269 g/mol. The van der Waals surface area contributed by atoms with Gasteiger partial charge in [0.1, 0.15) is 0 Å². The van der Waals surface area contributed by atoms with E-state index in [1.54, 1.807) is 0 Å². The summed E-state index contributed by atoms with van der Waals surface area (Å²) in [5.74, 6) is 1.62. The first-order valence-corrected chi connectivity index (χ1v) is 8.23. The Morgan fingerprint density at radius 3 is 2.47 bits per heavy atom. The van der Waals surface area contributed by atoms with Crippen LogP contribution in [0.15, 0.2) is 0 Å². The molecule has 1 heterocycles. The largest absolute Gasteiger partial charge is 0.316 e. The Balaban J connectivity index is 2.23. The number of nitrogens with zero attached hydrogens (tertiary/aromatic N) is 2. The predicted octanol–water partition coefficient (Wildman–Crippen LogP) is 2.28. The second-order valence-electron chi connectivity index (χ2n) is 6.54. The summed E-state index contributed by atoms with van der Waals surface area (Å²) in [5.41, 5.74) is 0. The van der Waals surface area contributed by atoms with Crippen molar-refractivity contribution in [1.29, 1.82) is 0 Å². The third-order valence-electron chi connectivity index (χ3n) is 4.34. The number of nitrogens with one attached hydrogen (secondary N) is 1.